The molecule has 1 saturated heterocycles. The molecule has 3 aromatic heterocycles. The van der Waals surface area contributed by atoms with Gasteiger partial charge in [-0.3, -0.25) is 15.1 Å². The van der Waals surface area contributed by atoms with Gasteiger partial charge in [0, 0.05) is 37.0 Å². The van der Waals surface area contributed by atoms with Crippen LogP contribution < -0.4 is 15.7 Å². The normalized spacial score (nSPS) is 14.0. The van der Waals surface area contributed by atoms with Crippen LogP contribution in [0.4, 0.5) is 10.8 Å². The average molecular weight is 496 g/mol. The number of hydroxylamine groups is 1. The van der Waals surface area contributed by atoms with Crippen molar-refractivity contribution in [2.24, 2.45) is 0 Å². The van der Waals surface area contributed by atoms with Crippen LogP contribution in [0.5, 0.6) is 0 Å². The van der Waals surface area contributed by atoms with Crippen LogP contribution in [0, 0.1) is 0 Å². The highest BCUT2D eigenvalue weighted by molar-refractivity contribution is 7.23. The smallest absolute Gasteiger partial charge is 0.243 e. The third-order valence-corrected chi connectivity index (χ3v) is 7.22. The molecule has 4 aromatic rings. The lowest BCUT2D eigenvalue weighted by Crippen LogP contribution is -2.36. The summed E-state index contributed by atoms with van der Waals surface area (Å²) in [5.74, 6) is 1.32. The molecule has 1 aromatic carbocycles. The number of fused-ring (bicyclic) bond motifs is 2. The molecule has 10 nitrogen and oxygen atoms in total. The second-order valence-electron chi connectivity index (χ2n) is 8.56. The fraction of sp³-hybridized carbons (Fsp3) is 0.417. The van der Waals surface area contributed by atoms with Crippen molar-refractivity contribution in [2.45, 2.75) is 32.1 Å². The number of amides is 1. The number of unbranched alkanes of at least 4 members (excludes halogenated alkanes) is 3. The van der Waals surface area contributed by atoms with Crippen molar-refractivity contribution >= 4 is 49.2 Å². The Kier molecular flexibility index (Phi) is 7.36. The van der Waals surface area contributed by atoms with E-state index in [2.05, 4.69) is 26.5 Å². The molecule has 184 valence electrons. The SMILES string of the molecule is O=C(CCCCCCNc1cc2nc(-c3cccc4[nH]ncc34)nc(N3CCOCC3)c2s1)NO. The van der Waals surface area contributed by atoms with Gasteiger partial charge < -0.3 is 15.0 Å². The molecule has 0 radical (unpaired) electrons. The van der Waals surface area contributed by atoms with Crippen molar-refractivity contribution in [1.82, 2.24) is 25.6 Å². The minimum atomic E-state index is -0.325. The van der Waals surface area contributed by atoms with Crippen LogP contribution in [0.25, 0.3) is 32.5 Å². The first-order chi connectivity index (χ1) is 17.2. The summed E-state index contributed by atoms with van der Waals surface area (Å²) in [7, 11) is 0. The van der Waals surface area contributed by atoms with E-state index in [1.54, 1.807) is 16.8 Å². The van der Waals surface area contributed by atoms with Gasteiger partial charge in [0.05, 0.1) is 40.1 Å². The molecule has 0 atom stereocenters. The number of ether oxygens (including phenoxy) is 1. The maximum absolute atomic E-state index is 11.1. The number of carbonyl (C=O) groups is 1. The molecule has 4 heterocycles. The van der Waals surface area contributed by atoms with Gasteiger partial charge in [0.1, 0.15) is 0 Å². The van der Waals surface area contributed by atoms with Crippen molar-refractivity contribution in [1.29, 1.82) is 0 Å². The minimum absolute atomic E-state index is 0.325. The minimum Gasteiger partial charge on any atom is -0.378 e. The molecule has 0 unspecified atom stereocenters. The number of carbonyl (C=O) groups excluding carboxylic acids is 1. The van der Waals surface area contributed by atoms with E-state index in [1.165, 1.54) is 0 Å². The Labute approximate surface area is 206 Å². The quantitative estimate of drug-likeness (QED) is 0.148. The number of rotatable bonds is 10. The van der Waals surface area contributed by atoms with Gasteiger partial charge in [-0.05, 0) is 25.0 Å². The van der Waals surface area contributed by atoms with Crippen LogP contribution in [-0.2, 0) is 9.53 Å². The maximum atomic E-state index is 11.1. The van der Waals surface area contributed by atoms with Crippen LogP contribution in [0.1, 0.15) is 32.1 Å². The number of H-pyrrole nitrogens is 1. The number of nitrogens with one attached hydrogen (secondary N) is 3. The second-order valence-corrected chi connectivity index (χ2v) is 9.61. The number of aromatic amines is 1. The van der Waals surface area contributed by atoms with Crippen molar-refractivity contribution in [3.05, 3.63) is 30.5 Å². The molecular weight excluding hydrogens is 466 g/mol. The van der Waals surface area contributed by atoms with Crippen LogP contribution in [0.3, 0.4) is 0 Å². The molecule has 5 rings (SSSR count). The highest BCUT2D eigenvalue weighted by Crippen LogP contribution is 2.37. The summed E-state index contributed by atoms with van der Waals surface area (Å²) in [5.41, 5.74) is 4.53. The lowest BCUT2D eigenvalue weighted by Gasteiger charge is -2.28. The lowest BCUT2D eigenvalue weighted by atomic mass is 10.1. The first kappa shape index (κ1) is 23.5. The number of thiophene rings is 1. The van der Waals surface area contributed by atoms with E-state index in [-0.39, 0.29) is 5.91 Å². The van der Waals surface area contributed by atoms with Crippen molar-refractivity contribution in [2.75, 3.05) is 43.1 Å². The van der Waals surface area contributed by atoms with Crippen LogP contribution >= 0.6 is 11.3 Å². The summed E-state index contributed by atoms with van der Waals surface area (Å²) < 4.78 is 6.65. The van der Waals surface area contributed by atoms with Gasteiger partial charge in [-0.15, -0.1) is 11.3 Å². The largest absolute Gasteiger partial charge is 0.378 e. The molecule has 35 heavy (non-hydrogen) atoms. The van der Waals surface area contributed by atoms with Crippen LogP contribution in [0.15, 0.2) is 30.5 Å². The summed E-state index contributed by atoms with van der Waals surface area (Å²) in [6, 6.07) is 8.14. The van der Waals surface area contributed by atoms with Crippen LogP contribution in [0.2, 0.25) is 0 Å². The monoisotopic (exact) mass is 495 g/mol. The standard InChI is InChI=1S/C24H29N7O3S/c32-20(30-33)8-3-1-2-4-9-25-21-14-19-22(35-21)24(31-10-12-34-13-11-31)28-23(27-19)16-6-5-7-18-17(16)15-26-29-18/h5-7,14-15,25,33H,1-4,8-13H2,(H,26,29)(H,30,32). The number of nitrogens with zero attached hydrogens (tertiary/aromatic N) is 4. The Morgan fingerprint density at radius 2 is 2.03 bits per heavy atom. The fourth-order valence-electron chi connectivity index (χ4n) is 4.31. The molecule has 1 amide bonds. The first-order valence-corrected chi connectivity index (χ1v) is 12.8. The third kappa shape index (κ3) is 5.37. The molecule has 4 N–H and O–H groups in total. The Balaban J connectivity index is 1.35. The van der Waals surface area contributed by atoms with Crippen molar-refractivity contribution in [3.8, 4) is 11.4 Å². The number of anilines is 2. The van der Waals surface area contributed by atoms with E-state index < -0.39 is 0 Å². The van der Waals surface area contributed by atoms with Crippen molar-refractivity contribution < 1.29 is 14.7 Å². The van der Waals surface area contributed by atoms with E-state index >= 15 is 0 Å². The summed E-state index contributed by atoms with van der Waals surface area (Å²) in [4.78, 5) is 23.4. The lowest BCUT2D eigenvalue weighted by molar-refractivity contribution is -0.129. The highest BCUT2D eigenvalue weighted by atomic mass is 32.1. The van der Waals surface area contributed by atoms with Crippen molar-refractivity contribution in [3.63, 3.8) is 0 Å². The summed E-state index contributed by atoms with van der Waals surface area (Å²) in [6.45, 7) is 3.83. The van der Waals surface area contributed by atoms with Crippen LogP contribution in [-0.4, -0.2) is 64.1 Å². The Morgan fingerprint density at radius 3 is 2.89 bits per heavy atom. The zero-order valence-corrected chi connectivity index (χ0v) is 20.2. The highest BCUT2D eigenvalue weighted by Gasteiger charge is 2.21. The zero-order chi connectivity index (χ0) is 24.0. The fourth-order valence-corrected chi connectivity index (χ4v) is 5.35. The molecule has 0 bridgehead atoms. The molecule has 0 saturated carbocycles. The van der Waals surface area contributed by atoms with Gasteiger partial charge in [0.15, 0.2) is 11.6 Å². The Hall–Kier alpha value is -3.28. The summed E-state index contributed by atoms with van der Waals surface area (Å²) >= 11 is 1.68. The molecule has 1 fully saturated rings. The number of benzene rings is 1. The molecule has 0 spiro atoms. The van der Waals surface area contributed by atoms with E-state index in [0.717, 1.165) is 82.8 Å². The maximum Gasteiger partial charge on any atom is 0.243 e. The van der Waals surface area contributed by atoms with Gasteiger partial charge in [-0.1, -0.05) is 25.0 Å². The third-order valence-electron chi connectivity index (χ3n) is 6.14. The van der Waals surface area contributed by atoms with E-state index in [1.807, 2.05) is 24.4 Å². The predicted octanol–water partition coefficient (Wildman–Crippen LogP) is 3.94. The van der Waals surface area contributed by atoms with Gasteiger partial charge >= 0.3 is 0 Å². The molecule has 1 aliphatic rings. The molecule has 1 aliphatic heterocycles. The molecular formula is C24H29N7O3S. The van der Waals surface area contributed by atoms with Gasteiger partial charge in [-0.25, -0.2) is 15.4 Å². The van der Waals surface area contributed by atoms with E-state index in [9.17, 15) is 4.79 Å². The van der Waals surface area contributed by atoms with Gasteiger partial charge in [-0.2, -0.15) is 5.10 Å². The Morgan fingerprint density at radius 1 is 1.17 bits per heavy atom. The molecule has 11 heteroatoms. The summed E-state index contributed by atoms with van der Waals surface area (Å²) in [6.07, 6.45) is 5.94. The molecule has 0 aliphatic carbocycles. The number of hydrogen-bond acceptors (Lipinski definition) is 9. The first-order valence-electron chi connectivity index (χ1n) is 12.0. The van der Waals surface area contributed by atoms with E-state index in [0.29, 0.717) is 25.5 Å². The topological polar surface area (TPSA) is 128 Å². The summed E-state index contributed by atoms with van der Waals surface area (Å²) in [5, 5.41) is 21.4. The number of hydrogen-bond donors (Lipinski definition) is 4. The average Bonchev–Trinajstić information content (AvgIpc) is 3.54. The second kappa shape index (κ2) is 11.0. The Bertz CT molecular complexity index is 1300. The van der Waals surface area contributed by atoms with Gasteiger partial charge in [0.25, 0.3) is 0 Å². The van der Waals surface area contributed by atoms with E-state index in [4.69, 9.17) is 19.9 Å². The zero-order valence-electron chi connectivity index (χ0n) is 19.4. The number of morpholine rings is 1. The van der Waals surface area contributed by atoms with Gasteiger partial charge in [0.2, 0.25) is 5.91 Å². The number of aromatic nitrogens is 4. The predicted molar refractivity (Wildman–Crippen MR) is 137 cm³/mol.